The van der Waals surface area contributed by atoms with Gasteiger partial charge in [-0.1, -0.05) is 30.7 Å². The minimum absolute atomic E-state index is 0.0744. The van der Waals surface area contributed by atoms with Gasteiger partial charge in [-0.2, -0.15) is 0 Å². The molecule has 2 aliphatic rings. The summed E-state index contributed by atoms with van der Waals surface area (Å²) in [5.41, 5.74) is 2.10. The SMILES string of the molecule is O=CC(=O)C1NC(N2CCCCC2)c2ccccc21. The predicted octanol–water partition coefficient (Wildman–Crippen LogP) is 1.58. The second-order valence-corrected chi connectivity index (χ2v) is 5.25. The molecule has 100 valence electrons. The fourth-order valence-electron chi connectivity index (χ4n) is 3.14. The molecule has 0 aliphatic carbocycles. The van der Waals surface area contributed by atoms with Gasteiger partial charge in [-0.3, -0.25) is 19.8 Å². The van der Waals surface area contributed by atoms with Gasteiger partial charge in [-0.15, -0.1) is 0 Å². The number of hydrogen-bond acceptors (Lipinski definition) is 4. The quantitative estimate of drug-likeness (QED) is 0.660. The van der Waals surface area contributed by atoms with Crippen molar-refractivity contribution in [3.05, 3.63) is 35.4 Å². The van der Waals surface area contributed by atoms with Crippen LogP contribution in [-0.2, 0) is 9.59 Å². The number of ketones is 1. The maximum absolute atomic E-state index is 11.8. The Labute approximate surface area is 112 Å². The number of carbonyl (C=O) groups excluding carboxylic acids is 2. The van der Waals surface area contributed by atoms with Gasteiger partial charge in [0.15, 0.2) is 6.29 Å². The minimum atomic E-state index is -0.472. The number of likely N-dealkylation sites (tertiary alicyclic amines) is 1. The Kier molecular flexibility index (Phi) is 3.44. The zero-order chi connectivity index (χ0) is 13.2. The molecule has 0 aromatic heterocycles. The summed E-state index contributed by atoms with van der Waals surface area (Å²) in [7, 11) is 0. The van der Waals surface area contributed by atoms with Gasteiger partial charge in [0.05, 0.1) is 6.17 Å². The molecule has 1 aromatic carbocycles. The Morgan fingerprint density at radius 3 is 2.53 bits per heavy atom. The number of benzene rings is 1. The van der Waals surface area contributed by atoms with E-state index in [-0.39, 0.29) is 11.9 Å². The number of rotatable bonds is 3. The Morgan fingerprint density at radius 2 is 1.84 bits per heavy atom. The van der Waals surface area contributed by atoms with Crippen LogP contribution in [-0.4, -0.2) is 30.1 Å². The molecule has 19 heavy (non-hydrogen) atoms. The highest BCUT2D eigenvalue weighted by Crippen LogP contribution is 2.36. The van der Waals surface area contributed by atoms with E-state index in [1.165, 1.54) is 19.3 Å². The predicted molar refractivity (Wildman–Crippen MR) is 71.6 cm³/mol. The van der Waals surface area contributed by atoms with E-state index < -0.39 is 6.04 Å². The highest BCUT2D eigenvalue weighted by atomic mass is 16.2. The molecule has 2 atom stereocenters. The van der Waals surface area contributed by atoms with Gasteiger partial charge >= 0.3 is 0 Å². The van der Waals surface area contributed by atoms with Crippen LogP contribution in [0.2, 0.25) is 0 Å². The van der Waals surface area contributed by atoms with Crippen LogP contribution in [0.5, 0.6) is 0 Å². The first-order chi connectivity index (χ1) is 9.31. The standard InChI is InChI=1S/C15H18N2O2/c18-10-13(19)14-11-6-2-3-7-12(11)15(16-14)17-8-4-1-5-9-17/h2-3,6-7,10,14-16H,1,4-5,8-9H2. The van der Waals surface area contributed by atoms with E-state index in [0.29, 0.717) is 6.29 Å². The normalized spacial score (nSPS) is 26.9. The number of aldehydes is 1. The van der Waals surface area contributed by atoms with E-state index in [2.05, 4.69) is 16.3 Å². The van der Waals surface area contributed by atoms with Crippen molar-refractivity contribution in [1.82, 2.24) is 10.2 Å². The van der Waals surface area contributed by atoms with Crippen molar-refractivity contribution in [3.63, 3.8) is 0 Å². The Morgan fingerprint density at radius 1 is 1.16 bits per heavy atom. The van der Waals surface area contributed by atoms with Gasteiger partial charge in [0.25, 0.3) is 0 Å². The van der Waals surface area contributed by atoms with Gasteiger partial charge in [0, 0.05) is 0 Å². The Balaban J connectivity index is 1.91. The van der Waals surface area contributed by atoms with Gasteiger partial charge in [-0.25, -0.2) is 0 Å². The molecule has 2 unspecified atom stereocenters. The van der Waals surface area contributed by atoms with Crippen LogP contribution in [0.4, 0.5) is 0 Å². The van der Waals surface area contributed by atoms with E-state index in [1.807, 2.05) is 18.2 Å². The van der Waals surface area contributed by atoms with Gasteiger partial charge in [0.2, 0.25) is 5.78 Å². The molecule has 1 aromatic rings. The van der Waals surface area contributed by atoms with Gasteiger partial charge in [0.1, 0.15) is 6.04 Å². The maximum Gasteiger partial charge on any atom is 0.216 e. The monoisotopic (exact) mass is 258 g/mol. The Hall–Kier alpha value is -1.52. The molecule has 3 rings (SSSR count). The smallest absolute Gasteiger partial charge is 0.216 e. The molecule has 1 N–H and O–H groups in total. The molecule has 0 bridgehead atoms. The topological polar surface area (TPSA) is 49.4 Å². The molecule has 2 aliphatic heterocycles. The van der Waals surface area contributed by atoms with Gasteiger partial charge in [-0.05, 0) is 37.1 Å². The summed E-state index contributed by atoms with van der Waals surface area (Å²) < 4.78 is 0. The van der Waals surface area contributed by atoms with Crippen LogP contribution >= 0.6 is 0 Å². The number of Topliss-reactive ketones (excluding diaryl/α,β-unsaturated/α-hetero) is 1. The lowest BCUT2D eigenvalue weighted by atomic mass is 10.0. The highest BCUT2D eigenvalue weighted by Gasteiger charge is 2.37. The van der Waals surface area contributed by atoms with Crippen LogP contribution in [0.3, 0.4) is 0 Å². The number of piperidine rings is 1. The molecule has 2 heterocycles. The summed E-state index contributed by atoms with van der Waals surface area (Å²) in [5, 5.41) is 3.32. The minimum Gasteiger partial charge on any atom is -0.295 e. The third-order valence-corrected chi connectivity index (χ3v) is 4.08. The average Bonchev–Trinajstić information content (AvgIpc) is 2.87. The summed E-state index contributed by atoms with van der Waals surface area (Å²) >= 11 is 0. The molecular weight excluding hydrogens is 240 g/mol. The van der Waals surface area contributed by atoms with Crippen molar-refractivity contribution in [2.24, 2.45) is 0 Å². The first-order valence-corrected chi connectivity index (χ1v) is 6.89. The van der Waals surface area contributed by atoms with Crippen LogP contribution in [0.15, 0.2) is 24.3 Å². The van der Waals surface area contributed by atoms with Crippen molar-refractivity contribution < 1.29 is 9.59 Å². The molecule has 0 spiro atoms. The molecule has 1 fully saturated rings. The van der Waals surface area contributed by atoms with Gasteiger partial charge < -0.3 is 0 Å². The molecule has 0 amide bonds. The maximum atomic E-state index is 11.8. The molecule has 0 saturated carbocycles. The average molecular weight is 258 g/mol. The second-order valence-electron chi connectivity index (χ2n) is 5.25. The molecule has 0 radical (unpaired) electrons. The zero-order valence-electron chi connectivity index (χ0n) is 10.8. The zero-order valence-corrected chi connectivity index (χ0v) is 10.8. The van der Waals surface area contributed by atoms with Crippen molar-refractivity contribution in [3.8, 4) is 0 Å². The van der Waals surface area contributed by atoms with Crippen LogP contribution < -0.4 is 5.32 Å². The summed E-state index contributed by atoms with van der Waals surface area (Å²) in [5.74, 6) is -0.382. The third-order valence-electron chi connectivity index (χ3n) is 4.08. The number of carbonyl (C=O) groups is 2. The van der Waals surface area contributed by atoms with E-state index in [0.717, 1.165) is 24.2 Å². The summed E-state index contributed by atoms with van der Waals surface area (Å²) in [6.07, 6.45) is 4.18. The van der Waals surface area contributed by atoms with Crippen molar-refractivity contribution >= 4 is 12.1 Å². The van der Waals surface area contributed by atoms with E-state index >= 15 is 0 Å². The summed E-state index contributed by atoms with van der Waals surface area (Å²) in [4.78, 5) is 24.9. The largest absolute Gasteiger partial charge is 0.295 e. The van der Waals surface area contributed by atoms with Crippen LogP contribution in [0.25, 0.3) is 0 Å². The Bertz CT molecular complexity index is 495. The van der Waals surface area contributed by atoms with E-state index in [1.54, 1.807) is 0 Å². The van der Waals surface area contributed by atoms with Crippen LogP contribution in [0, 0.1) is 0 Å². The number of nitrogens with zero attached hydrogens (tertiary/aromatic N) is 1. The third kappa shape index (κ3) is 2.22. The first-order valence-electron chi connectivity index (χ1n) is 6.89. The van der Waals surface area contributed by atoms with Crippen LogP contribution in [0.1, 0.15) is 42.6 Å². The molecule has 4 nitrogen and oxygen atoms in total. The first kappa shape index (κ1) is 12.5. The lowest BCUT2D eigenvalue weighted by Crippen LogP contribution is -2.40. The second kappa shape index (κ2) is 5.23. The summed E-state index contributed by atoms with van der Waals surface area (Å²) in [6.45, 7) is 2.10. The van der Waals surface area contributed by atoms with E-state index in [4.69, 9.17) is 0 Å². The molecule has 4 heteroatoms. The highest BCUT2D eigenvalue weighted by molar-refractivity contribution is 6.27. The number of hydrogen-bond donors (Lipinski definition) is 1. The van der Waals surface area contributed by atoms with E-state index in [9.17, 15) is 9.59 Å². The number of fused-ring (bicyclic) bond motifs is 1. The summed E-state index contributed by atoms with van der Waals surface area (Å²) in [6, 6.07) is 7.44. The van der Waals surface area contributed by atoms with Crippen molar-refractivity contribution in [2.45, 2.75) is 31.5 Å². The number of nitrogens with one attached hydrogen (secondary N) is 1. The lowest BCUT2D eigenvalue weighted by Gasteiger charge is -2.33. The molecule has 1 saturated heterocycles. The molecular formula is C15H18N2O2. The fraction of sp³-hybridized carbons (Fsp3) is 0.467. The lowest BCUT2D eigenvalue weighted by molar-refractivity contribution is -0.131. The van der Waals surface area contributed by atoms with Crippen molar-refractivity contribution in [1.29, 1.82) is 0 Å². The fourth-order valence-corrected chi connectivity index (χ4v) is 3.14. The van der Waals surface area contributed by atoms with Crippen molar-refractivity contribution in [2.75, 3.05) is 13.1 Å².